The Hall–Kier alpha value is -3.00. The van der Waals surface area contributed by atoms with E-state index in [0.29, 0.717) is 21.7 Å². The van der Waals surface area contributed by atoms with Gasteiger partial charge in [0.2, 0.25) is 0 Å². The molecule has 2 aliphatic heterocycles. The van der Waals surface area contributed by atoms with E-state index < -0.39 is 0 Å². The van der Waals surface area contributed by atoms with Gasteiger partial charge in [-0.25, -0.2) is 0 Å². The predicted molar refractivity (Wildman–Crippen MR) is 155 cm³/mol. The van der Waals surface area contributed by atoms with Crippen LogP contribution in [0.1, 0.15) is 49.1 Å². The van der Waals surface area contributed by atoms with Crippen molar-refractivity contribution in [1.82, 2.24) is 4.57 Å². The number of fused-ring (bicyclic) bond motifs is 7. The van der Waals surface area contributed by atoms with Crippen molar-refractivity contribution in [3.63, 3.8) is 0 Å². The predicted octanol–water partition coefficient (Wildman–Crippen LogP) is 3.63. The zero-order valence-electron chi connectivity index (χ0n) is 20.8. The van der Waals surface area contributed by atoms with Crippen molar-refractivity contribution in [3.05, 3.63) is 107 Å². The van der Waals surface area contributed by atoms with Crippen LogP contribution >= 0.6 is 0 Å². The molecule has 174 valence electrons. The minimum absolute atomic E-state index is 0.0368. The second-order valence-corrected chi connectivity index (χ2v) is 13.4. The van der Waals surface area contributed by atoms with E-state index in [0.717, 1.165) is 0 Å². The second kappa shape index (κ2) is 7.51. The first-order valence-electron chi connectivity index (χ1n) is 13.3. The number of aryl methyl sites for hydroxylation is 1. The minimum atomic E-state index is 0.0368. The molecule has 0 saturated carbocycles. The van der Waals surface area contributed by atoms with Gasteiger partial charge >= 0.3 is 220 Å². The molecular weight excluding hydrogens is 500 g/mol. The zero-order valence-corrected chi connectivity index (χ0v) is 22.6. The fourth-order valence-corrected chi connectivity index (χ4v) is 9.84. The van der Waals surface area contributed by atoms with Gasteiger partial charge < -0.3 is 0 Å². The summed E-state index contributed by atoms with van der Waals surface area (Å²) in [6.07, 6.45) is 5.00. The summed E-state index contributed by atoms with van der Waals surface area (Å²) >= 11 is 0.304. The number of hydrogen-bond acceptors (Lipinski definition) is 0. The van der Waals surface area contributed by atoms with E-state index in [-0.39, 0.29) is 5.41 Å². The van der Waals surface area contributed by atoms with E-state index in [4.69, 9.17) is 0 Å². The molecule has 0 atom stereocenters. The Balaban J connectivity index is 1.36. The van der Waals surface area contributed by atoms with Gasteiger partial charge in [0, 0.05) is 0 Å². The standard InChI is InChI=1S/C33H28BNSe/c1-33(2)24-12-5-6-14-26(24)34-27-19-18-21(20-31(27)36-30-17-9-13-25(33)32(30)34)35-28-15-7-3-10-22(28)23-11-4-8-16-29(23)35/h3,5-7,9-10,12-15,17-20H,4,8,11,16H2,1-2H3. The molecule has 0 amide bonds. The van der Waals surface area contributed by atoms with Crippen LogP contribution in [0.3, 0.4) is 0 Å². The van der Waals surface area contributed by atoms with E-state index >= 15 is 0 Å². The fraction of sp³-hybridized carbons (Fsp3) is 0.212. The van der Waals surface area contributed by atoms with Gasteiger partial charge in [-0.3, -0.25) is 0 Å². The van der Waals surface area contributed by atoms with Gasteiger partial charge in [-0.2, -0.15) is 0 Å². The van der Waals surface area contributed by atoms with Crippen molar-refractivity contribution in [2.45, 2.75) is 44.9 Å². The normalized spacial score (nSPS) is 16.8. The topological polar surface area (TPSA) is 4.93 Å². The van der Waals surface area contributed by atoms with Gasteiger partial charge in [-0.05, 0) is 0 Å². The molecule has 0 spiro atoms. The zero-order chi connectivity index (χ0) is 24.0. The molecule has 0 radical (unpaired) electrons. The van der Waals surface area contributed by atoms with Crippen LogP contribution in [0, 0.1) is 0 Å². The van der Waals surface area contributed by atoms with E-state index in [2.05, 4.69) is 103 Å². The van der Waals surface area contributed by atoms with Crippen molar-refractivity contribution >= 4 is 57.9 Å². The second-order valence-electron chi connectivity index (χ2n) is 11.2. The summed E-state index contributed by atoms with van der Waals surface area (Å²) < 4.78 is 5.70. The summed E-state index contributed by atoms with van der Waals surface area (Å²) in [4.78, 5) is 0. The van der Waals surface area contributed by atoms with Crippen molar-refractivity contribution in [2.24, 2.45) is 0 Å². The Kier molecular flexibility index (Phi) is 4.41. The maximum atomic E-state index is 2.59. The molecule has 36 heavy (non-hydrogen) atoms. The van der Waals surface area contributed by atoms with Gasteiger partial charge in [0.15, 0.2) is 0 Å². The molecule has 0 unspecified atom stereocenters. The van der Waals surface area contributed by atoms with Gasteiger partial charge in [-0.1, -0.05) is 0 Å². The Labute approximate surface area is 219 Å². The van der Waals surface area contributed by atoms with E-state index in [1.807, 2.05) is 0 Å². The molecule has 3 heterocycles. The number of nitrogens with zero attached hydrogens (tertiary/aromatic N) is 1. The van der Waals surface area contributed by atoms with Crippen LogP contribution in [0.15, 0.2) is 84.9 Å². The maximum absolute atomic E-state index is 2.59. The summed E-state index contributed by atoms with van der Waals surface area (Å²) in [5.41, 5.74) is 13.5. The van der Waals surface area contributed by atoms with Crippen molar-refractivity contribution in [3.8, 4) is 5.69 Å². The van der Waals surface area contributed by atoms with Crippen molar-refractivity contribution < 1.29 is 0 Å². The number of hydrogen-bond donors (Lipinski definition) is 0. The van der Waals surface area contributed by atoms with Crippen molar-refractivity contribution in [1.29, 1.82) is 0 Å². The Morgan fingerprint density at radius 2 is 1.56 bits per heavy atom. The molecule has 3 aliphatic rings. The average Bonchev–Trinajstić information content (AvgIpc) is 3.25. The molecule has 0 bridgehead atoms. The number of para-hydroxylation sites is 1. The average molecular weight is 528 g/mol. The molecule has 3 heteroatoms. The van der Waals surface area contributed by atoms with Crippen molar-refractivity contribution in [2.75, 3.05) is 0 Å². The summed E-state index contributed by atoms with van der Waals surface area (Å²) in [5, 5.41) is 1.45. The third-order valence-electron chi connectivity index (χ3n) is 8.94. The molecule has 8 rings (SSSR count). The molecule has 1 aliphatic carbocycles. The van der Waals surface area contributed by atoms with Crippen LogP contribution in [-0.4, -0.2) is 26.2 Å². The Morgan fingerprint density at radius 1 is 0.750 bits per heavy atom. The summed E-state index contributed by atoms with van der Waals surface area (Å²) in [6, 6.07) is 32.7. The van der Waals surface area contributed by atoms with E-state index in [9.17, 15) is 0 Å². The third kappa shape index (κ3) is 2.74. The molecule has 0 fully saturated rings. The molecular formula is C33H28BNSe. The van der Waals surface area contributed by atoms with Crippen LogP contribution in [0.5, 0.6) is 0 Å². The van der Waals surface area contributed by atoms with E-state index in [1.165, 1.54) is 70.0 Å². The van der Waals surface area contributed by atoms with Gasteiger partial charge in [-0.15, -0.1) is 0 Å². The SMILES string of the molecule is CC1(C)c2ccccc2B2c3ccc(-n4c5c(c6ccccc64)CCCC5)cc3[Se]c3cccc1c32. The number of benzene rings is 4. The van der Waals surface area contributed by atoms with E-state index in [1.54, 1.807) is 19.9 Å². The molecule has 5 aromatic rings. The molecule has 0 N–H and O–H groups in total. The van der Waals surface area contributed by atoms with Crippen LogP contribution in [0.25, 0.3) is 16.6 Å². The summed E-state index contributed by atoms with van der Waals surface area (Å²) in [5.74, 6) is 0. The van der Waals surface area contributed by atoms with Gasteiger partial charge in [0.05, 0.1) is 0 Å². The Morgan fingerprint density at radius 3 is 2.50 bits per heavy atom. The molecule has 4 aromatic carbocycles. The number of rotatable bonds is 1. The number of aromatic nitrogens is 1. The van der Waals surface area contributed by atoms with Crippen LogP contribution in [0.2, 0.25) is 0 Å². The molecule has 1 aromatic heterocycles. The van der Waals surface area contributed by atoms with Gasteiger partial charge in [0.25, 0.3) is 0 Å². The third-order valence-corrected chi connectivity index (χ3v) is 11.3. The first-order chi connectivity index (χ1) is 17.6. The van der Waals surface area contributed by atoms with Crippen LogP contribution < -0.4 is 25.3 Å². The fourth-order valence-electron chi connectivity index (χ4n) is 7.32. The molecule has 1 nitrogen and oxygen atoms in total. The quantitative estimate of drug-likeness (QED) is 0.288. The van der Waals surface area contributed by atoms with Gasteiger partial charge in [0.1, 0.15) is 0 Å². The summed E-state index contributed by atoms with van der Waals surface area (Å²) in [6.45, 7) is 5.16. The monoisotopic (exact) mass is 529 g/mol. The first-order valence-corrected chi connectivity index (χ1v) is 15.0. The Bertz CT molecular complexity index is 1710. The summed E-state index contributed by atoms with van der Waals surface area (Å²) in [7, 11) is 0. The first kappa shape index (κ1) is 21.1. The van der Waals surface area contributed by atoms with Crippen LogP contribution in [-0.2, 0) is 18.3 Å². The molecule has 0 saturated heterocycles. The van der Waals surface area contributed by atoms with Crippen LogP contribution in [0.4, 0.5) is 0 Å².